The van der Waals surface area contributed by atoms with E-state index in [0.717, 1.165) is 13.0 Å². The summed E-state index contributed by atoms with van der Waals surface area (Å²) in [7, 11) is 0. The largest absolute Gasteiger partial charge is 0.330 e. The molecule has 1 saturated carbocycles. The lowest BCUT2D eigenvalue weighted by Gasteiger charge is -2.07. The van der Waals surface area contributed by atoms with E-state index in [9.17, 15) is 0 Å². The predicted octanol–water partition coefficient (Wildman–Crippen LogP) is 1.53. The minimum Gasteiger partial charge on any atom is -0.330 e. The van der Waals surface area contributed by atoms with Crippen molar-refractivity contribution in [1.82, 2.24) is 0 Å². The van der Waals surface area contributed by atoms with Gasteiger partial charge >= 0.3 is 0 Å². The van der Waals surface area contributed by atoms with Crippen LogP contribution in [0.1, 0.15) is 32.6 Å². The summed E-state index contributed by atoms with van der Waals surface area (Å²) in [4.78, 5) is 0. The standard InChI is InChI=1S/C9H15N/c1-2-3-4-5-9(8-10)6-7-9/h4-8,10H2,1H3. The van der Waals surface area contributed by atoms with Crippen molar-refractivity contribution in [2.24, 2.45) is 11.1 Å². The molecule has 0 amide bonds. The van der Waals surface area contributed by atoms with Crippen LogP contribution in [0.5, 0.6) is 0 Å². The molecule has 10 heavy (non-hydrogen) atoms. The molecular weight excluding hydrogens is 122 g/mol. The SMILES string of the molecule is CC#CCCC1(CN)CC1. The van der Waals surface area contributed by atoms with Gasteiger partial charge in [0.2, 0.25) is 0 Å². The van der Waals surface area contributed by atoms with Crippen molar-refractivity contribution in [3.63, 3.8) is 0 Å². The lowest BCUT2D eigenvalue weighted by molar-refractivity contribution is 0.487. The van der Waals surface area contributed by atoms with Gasteiger partial charge in [-0.1, -0.05) is 0 Å². The van der Waals surface area contributed by atoms with E-state index in [-0.39, 0.29) is 0 Å². The fourth-order valence-electron chi connectivity index (χ4n) is 1.19. The van der Waals surface area contributed by atoms with Crippen LogP contribution in [0.15, 0.2) is 0 Å². The summed E-state index contributed by atoms with van der Waals surface area (Å²) in [6, 6.07) is 0. The summed E-state index contributed by atoms with van der Waals surface area (Å²) >= 11 is 0. The molecule has 0 aromatic carbocycles. The zero-order valence-corrected chi connectivity index (χ0v) is 6.61. The first kappa shape index (κ1) is 7.63. The molecule has 1 aliphatic carbocycles. The molecule has 0 heterocycles. The van der Waals surface area contributed by atoms with E-state index in [1.165, 1.54) is 19.3 Å². The second-order valence-electron chi connectivity index (χ2n) is 3.13. The van der Waals surface area contributed by atoms with Gasteiger partial charge < -0.3 is 5.73 Å². The quantitative estimate of drug-likeness (QED) is 0.586. The van der Waals surface area contributed by atoms with Gasteiger partial charge in [0.05, 0.1) is 0 Å². The Hall–Kier alpha value is -0.480. The average molecular weight is 137 g/mol. The zero-order chi connectivity index (χ0) is 7.45. The van der Waals surface area contributed by atoms with Gasteiger partial charge in [-0.2, -0.15) is 0 Å². The third kappa shape index (κ3) is 1.75. The second-order valence-corrected chi connectivity index (χ2v) is 3.13. The van der Waals surface area contributed by atoms with E-state index >= 15 is 0 Å². The van der Waals surface area contributed by atoms with Crippen LogP contribution in [-0.2, 0) is 0 Å². The number of hydrogen-bond donors (Lipinski definition) is 1. The summed E-state index contributed by atoms with van der Waals surface area (Å²) in [6.07, 6.45) is 4.90. The molecule has 1 rings (SSSR count). The van der Waals surface area contributed by atoms with Crippen LogP contribution in [-0.4, -0.2) is 6.54 Å². The van der Waals surface area contributed by atoms with Crippen LogP contribution in [0.4, 0.5) is 0 Å². The van der Waals surface area contributed by atoms with Gasteiger partial charge in [0, 0.05) is 6.42 Å². The third-order valence-corrected chi connectivity index (χ3v) is 2.35. The minimum absolute atomic E-state index is 0.518. The van der Waals surface area contributed by atoms with Crippen LogP contribution >= 0.6 is 0 Å². The molecule has 0 aliphatic heterocycles. The van der Waals surface area contributed by atoms with Gasteiger partial charge in [-0.15, -0.1) is 11.8 Å². The first-order chi connectivity index (χ1) is 4.83. The molecule has 0 aromatic heterocycles. The highest BCUT2D eigenvalue weighted by atomic mass is 14.6. The normalized spacial score (nSPS) is 19.4. The maximum atomic E-state index is 5.60. The highest BCUT2D eigenvalue weighted by molar-refractivity contribution is 5.00. The van der Waals surface area contributed by atoms with Crippen molar-refractivity contribution in [1.29, 1.82) is 0 Å². The Bertz CT molecular complexity index is 157. The molecule has 1 heteroatoms. The van der Waals surface area contributed by atoms with Crippen molar-refractivity contribution >= 4 is 0 Å². The van der Waals surface area contributed by atoms with Crippen molar-refractivity contribution in [2.75, 3.05) is 6.54 Å². The molecule has 56 valence electrons. The molecule has 0 radical (unpaired) electrons. The first-order valence-electron chi connectivity index (χ1n) is 3.93. The highest BCUT2D eigenvalue weighted by Gasteiger charge is 2.39. The van der Waals surface area contributed by atoms with Gasteiger partial charge in [-0.25, -0.2) is 0 Å². The Morgan fingerprint density at radius 2 is 2.20 bits per heavy atom. The smallest absolute Gasteiger partial charge is 0.00943 e. The van der Waals surface area contributed by atoms with E-state index in [1.807, 2.05) is 6.92 Å². The van der Waals surface area contributed by atoms with Gasteiger partial charge in [0.25, 0.3) is 0 Å². The topological polar surface area (TPSA) is 26.0 Å². The van der Waals surface area contributed by atoms with E-state index in [2.05, 4.69) is 11.8 Å². The fourth-order valence-corrected chi connectivity index (χ4v) is 1.19. The summed E-state index contributed by atoms with van der Waals surface area (Å²) in [5.41, 5.74) is 6.12. The Morgan fingerprint density at radius 3 is 2.60 bits per heavy atom. The van der Waals surface area contributed by atoms with Crippen molar-refractivity contribution < 1.29 is 0 Å². The summed E-state index contributed by atoms with van der Waals surface area (Å²) < 4.78 is 0. The van der Waals surface area contributed by atoms with Crippen molar-refractivity contribution in [3.05, 3.63) is 0 Å². The maximum absolute atomic E-state index is 5.60. The minimum atomic E-state index is 0.518. The van der Waals surface area contributed by atoms with E-state index in [1.54, 1.807) is 0 Å². The number of hydrogen-bond acceptors (Lipinski definition) is 1. The van der Waals surface area contributed by atoms with E-state index in [4.69, 9.17) is 5.73 Å². The van der Waals surface area contributed by atoms with Crippen LogP contribution in [0.2, 0.25) is 0 Å². The molecule has 1 aliphatic rings. The monoisotopic (exact) mass is 137 g/mol. The van der Waals surface area contributed by atoms with Crippen LogP contribution < -0.4 is 5.73 Å². The van der Waals surface area contributed by atoms with E-state index < -0.39 is 0 Å². The molecule has 0 aromatic rings. The van der Waals surface area contributed by atoms with Gasteiger partial charge in [-0.3, -0.25) is 0 Å². The van der Waals surface area contributed by atoms with Crippen LogP contribution in [0, 0.1) is 17.3 Å². The van der Waals surface area contributed by atoms with Crippen molar-refractivity contribution in [3.8, 4) is 11.8 Å². The Balaban J connectivity index is 2.16. The Labute approximate surface area is 63.0 Å². The number of rotatable bonds is 3. The Morgan fingerprint density at radius 1 is 1.50 bits per heavy atom. The van der Waals surface area contributed by atoms with Gasteiger partial charge in [0.1, 0.15) is 0 Å². The molecular formula is C9H15N. The van der Waals surface area contributed by atoms with Crippen LogP contribution in [0.3, 0.4) is 0 Å². The van der Waals surface area contributed by atoms with Crippen LogP contribution in [0.25, 0.3) is 0 Å². The first-order valence-corrected chi connectivity index (χ1v) is 3.93. The third-order valence-electron chi connectivity index (χ3n) is 2.35. The molecule has 0 bridgehead atoms. The zero-order valence-electron chi connectivity index (χ0n) is 6.61. The number of nitrogens with two attached hydrogens (primary N) is 1. The fraction of sp³-hybridized carbons (Fsp3) is 0.778. The van der Waals surface area contributed by atoms with E-state index in [0.29, 0.717) is 5.41 Å². The predicted molar refractivity (Wildman–Crippen MR) is 43.4 cm³/mol. The second kappa shape index (κ2) is 3.07. The molecule has 0 spiro atoms. The summed E-state index contributed by atoms with van der Waals surface area (Å²) in [5, 5.41) is 0. The lowest BCUT2D eigenvalue weighted by Crippen LogP contribution is -2.14. The molecule has 2 N–H and O–H groups in total. The molecule has 0 unspecified atom stereocenters. The molecule has 1 nitrogen and oxygen atoms in total. The average Bonchev–Trinajstić information content (AvgIpc) is 2.70. The van der Waals surface area contributed by atoms with Gasteiger partial charge in [0.15, 0.2) is 0 Å². The molecule has 0 atom stereocenters. The summed E-state index contributed by atoms with van der Waals surface area (Å²) in [6.45, 7) is 2.75. The highest BCUT2D eigenvalue weighted by Crippen LogP contribution is 2.48. The molecule has 0 saturated heterocycles. The summed E-state index contributed by atoms with van der Waals surface area (Å²) in [5.74, 6) is 5.97. The maximum Gasteiger partial charge on any atom is 0.00943 e. The van der Waals surface area contributed by atoms with Gasteiger partial charge in [-0.05, 0) is 38.1 Å². The van der Waals surface area contributed by atoms with Crippen molar-refractivity contribution in [2.45, 2.75) is 32.6 Å². The molecule has 1 fully saturated rings. The lowest BCUT2D eigenvalue weighted by atomic mass is 10.0. The Kier molecular flexibility index (Phi) is 2.34.